The van der Waals surface area contributed by atoms with Crippen molar-refractivity contribution in [3.63, 3.8) is 0 Å². The average molecular weight is 232 g/mol. The topological polar surface area (TPSA) is 49.4 Å². The number of sulfone groups is 1. The van der Waals surface area contributed by atoms with Gasteiger partial charge in [-0.05, 0) is 18.4 Å². The SMILES string of the molecule is CC1(CN2CCS(=O)(=O)CC2)CCNC1. The largest absolute Gasteiger partial charge is 0.316 e. The molecule has 2 saturated heterocycles. The van der Waals surface area contributed by atoms with Crippen molar-refractivity contribution in [1.82, 2.24) is 10.2 Å². The molecule has 0 radical (unpaired) electrons. The molecular weight excluding hydrogens is 212 g/mol. The second kappa shape index (κ2) is 4.03. The lowest BCUT2D eigenvalue weighted by atomic mass is 9.89. The van der Waals surface area contributed by atoms with Gasteiger partial charge in [0.1, 0.15) is 0 Å². The molecular formula is C10H20N2O2S. The van der Waals surface area contributed by atoms with Crippen molar-refractivity contribution >= 4 is 9.84 Å². The zero-order valence-electron chi connectivity index (χ0n) is 9.33. The van der Waals surface area contributed by atoms with Crippen molar-refractivity contribution in [3.8, 4) is 0 Å². The van der Waals surface area contributed by atoms with Crippen LogP contribution in [0.15, 0.2) is 0 Å². The Balaban J connectivity index is 1.86. The van der Waals surface area contributed by atoms with Crippen molar-refractivity contribution < 1.29 is 8.42 Å². The van der Waals surface area contributed by atoms with Gasteiger partial charge >= 0.3 is 0 Å². The number of nitrogens with one attached hydrogen (secondary N) is 1. The number of nitrogens with zero attached hydrogens (tertiary/aromatic N) is 1. The Morgan fingerprint density at radius 3 is 2.53 bits per heavy atom. The molecule has 0 aromatic carbocycles. The Labute approximate surface area is 91.9 Å². The maximum atomic E-state index is 11.3. The van der Waals surface area contributed by atoms with E-state index in [0.29, 0.717) is 16.9 Å². The van der Waals surface area contributed by atoms with Gasteiger partial charge in [-0.25, -0.2) is 8.42 Å². The number of hydrogen-bond donors (Lipinski definition) is 1. The fraction of sp³-hybridized carbons (Fsp3) is 1.00. The lowest BCUT2D eigenvalue weighted by Crippen LogP contribution is -2.45. The molecule has 0 spiro atoms. The van der Waals surface area contributed by atoms with Crippen molar-refractivity contribution in [2.75, 3.05) is 44.2 Å². The summed E-state index contributed by atoms with van der Waals surface area (Å²) in [5, 5.41) is 3.37. The summed E-state index contributed by atoms with van der Waals surface area (Å²) < 4.78 is 22.5. The Bertz CT molecular complexity index is 306. The molecule has 1 N–H and O–H groups in total. The molecule has 2 aliphatic rings. The maximum absolute atomic E-state index is 11.3. The second-order valence-corrected chi connectivity index (χ2v) is 7.47. The molecule has 4 nitrogen and oxygen atoms in total. The van der Waals surface area contributed by atoms with Crippen LogP contribution in [0.25, 0.3) is 0 Å². The van der Waals surface area contributed by atoms with E-state index < -0.39 is 9.84 Å². The Hall–Kier alpha value is -0.130. The van der Waals surface area contributed by atoms with E-state index in [1.807, 2.05) is 0 Å². The van der Waals surface area contributed by atoms with Crippen LogP contribution >= 0.6 is 0 Å². The van der Waals surface area contributed by atoms with E-state index in [4.69, 9.17) is 0 Å². The minimum Gasteiger partial charge on any atom is -0.316 e. The number of hydrogen-bond acceptors (Lipinski definition) is 4. The van der Waals surface area contributed by atoms with Crippen molar-refractivity contribution in [1.29, 1.82) is 0 Å². The summed E-state index contributed by atoms with van der Waals surface area (Å²) in [7, 11) is -2.73. The van der Waals surface area contributed by atoms with Crippen LogP contribution in [0.4, 0.5) is 0 Å². The van der Waals surface area contributed by atoms with Crippen LogP contribution in [0, 0.1) is 5.41 Å². The minimum absolute atomic E-state index is 0.344. The van der Waals surface area contributed by atoms with Gasteiger partial charge in [0, 0.05) is 26.2 Å². The molecule has 2 rings (SSSR count). The van der Waals surface area contributed by atoms with Crippen LogP contribution in [-0.2, 0) is 9.84 Å². The maximum Gasteiger partial charge on any atom is 0.152 e. The van der Waals surface area contributed by atoms with Crippen molar-refractivity contribution in [2.45, 2.75) is 13.3 Å². The van der Waals surface area contributed by atoms with E-state index in [1.54, 1.807) is 0 Å². The molecule has 0 aromatic rings. The predicted molar refractivity (Wildman–Crippen MR) is 60.7 cm³/mol. The Morgan fingerprint density at radius 2 is 2.00 bits per heavy atom. The summed E-state index contributed by atoms with van der Waals surface area (Å²) >= 11 is 0. The smallest absolute Gasteiger partial charge is 0.152 e. The van der Waals surface area contributed by atoms with Gasteiger partial charge in [-0.2, -0.15) is 0 Å². The highest BCUT2D eigenvalue weighted by atomic mass is 32.2. The van der Waals surface area contributed by atoms with E-state index in [9.17, 15) is 8.42 Å². The van der Waals surface area contributed by atoms with Gasteiger partial charge in [-0.3, -0.25) is 0 Å². The van der Waals surface area contributed by atoms with E-state index in [-0.39, 0.29) is 0 Å². The molecule has 2 aliphatic heterocycles. The van der Waals surface area contributed by atoms with Gasteiger partial charge in [-0.15, -0.1) is 0 Å². The zero-order chi connectivity index (χ0) is 10.9. The molecule has 0 saturated carbocycles. The fourth-order valence-electron chi connectivity index (χ4n) is 2.45. The fourth-order valence-corrected chi connectivity index (χ4v) is 3.73. The third-order valence-electron chi connectivity index (χ3n) is 3.50. The molecule has 15 heavy (non-hydrogen) atoms. The molecule has 0 amide bonds. The summed E-state index contributed by atoms with van der Waals surface area (Å²) in [4.78, 5) is 2.30. The first kappa shape index (κ1) is 11.4. The van der Waals surface area contributed by atoms with Crippen LogP contribution < -0.4 is 5.32 Å². The third kappa shape index (κ3) is 2.92. The minimum atomic E-state index is -2.73. The van der Waals surface area contributed by atoms with Gasteiger partial charge < -0.3 is 10.2 Å². The van der Waals surface area contributed by atoms with E-state index in [2.05, 4.69) is 17.1 Å². The quantitative estimate of drug-likeness (QED) is 0.711. The summed E-state index contributed by atoms with van der Waals surface area (Å²) in [6.07, 6.45) is 1.20. The molecule has 1 atom stereocenters. The molecule has 0 bridgehead atoms. The molecule has 2 fully saturated rings. The first-order valence-electron chi connectivity index (χ1n) is 5.63. The average Bonchev–Trinajstić information content (AvgIpc) is 2.57. The molecule has 1 unspecified atom stereocenters. The molecule has 88 valence electrons. The number of rotatable bonds is 2. The first-order valence-corrected chi connectivity index (χ1v) is 7.45. The lowest BCUT2D eigenvalue weighted by Gasteiger charge is -2.34. The molecule has 2 heterocycles. The monoisotopic (exact) mass is 232 g/mol. The summed E-state index contributed by atoms with van der Waals surface area (Å²) in [6.45, 7) is 6.93. The summed E-state index contributed by atoms with van der Waals surface area (Å²) in [5.41, 5.74) is 0.348. The Kier molecular flexibility index (Phi) is 3.05. The van der Waals surface area contributed by atoms with Crippen LogP contribution in [0.3, 0.4) is 0 Å². The van der Waals surface area contributed by atoms with Gasteiger partial charge in [0.2, 0.25) is 0 Å². The summed E-state index contributed by atoms with van der Waals surface area (Å²) in [6, 6.07) is 0. The van der Waals surface area contributed by atoms with Gasteiger partial charge in [0.05, 0.1) is 11.5 Å². The van der Waals surface area contributed by atoms with Crippen LogP contribution in [0.1, 0.15) is 13.3 Å². The summed E-state index contributed by atoms with van der Waals surface area (Å²) in [5.74, 6) is 0.688. The van der Waals surface area contributed by atoms with Crippen molar-refractivity contribution in [2.24, 2.45) is 5.41 Å². The standard InChI is InChI=1S/C10H20N2O2S/c1-10(2-3-11-8-10)9-12-4-6-15(13,14)7-5-12/h11H,2-9H2,1H3. The predicted octanol–water partition coefficient (Wildman–Crippen LogP) is -0.284. The van der Waals surface area contributed by atoms with Gasteiger partial charge in [0.25, 0.3) is 0 Å². The lowest BCUT2D eigenvalue weighted by molar-refractivity contribution is 0.189. The highest BCUT2D eigenvalue weighted by Gasteiger charge is 2.32. The molecule has 0 aliphatic carbocycles. The van der Waals surface area contributed by atoms with Gasteiger partial charge in [0.15, 0.2) is 9.84 Å². The molecule has 0 aromatic heterocycles. The van der Waals surface area contributed by atoms with E-state index >= 15 is 0 Å². The highest BCUT2D eigenvalue weighted by molar-refractivity contribution is 7.91. The third-order valence-corrected chi connectivity index (χ3v) is 5.11. The zero-order valence-corrected chi connectivity index (χ0v) is 10.1. The highest BCUT2D eigenvalue weighted by Crippen LogP contribution is 2.26. The second-order valence-electron chi connectivity index (χ2n) is 5.17. The normalized spacial score (nSPS) is 36.9. The van der Waals surface area contributed by atoms with Crippen LogP contribution in [-0.4, -0.2) is 57.5 Å². The molecule has 5 heteroatoms. The van der Waals surface area contributed by atoms with Crippen LogP contribution in [0.5, 0.6) is 0 Å². The van der Waals surface area contributed by atoms with E-state index in [1.165, 1.54) is 6.42 Å². The Morgan fingerprint density at radius 1 is 1.33 bits per heavy atom. The van der Waals surface area contributed by atoms with E-state index in [0.717, 1.165) is 32.7 Å². The van der Waals surface area contributed by atoms with Crippen LogP contribution in [0.2, 0.25) is 0 Å². The van der Waals surface area contributed by atoms with Gasteiger partial charge in [-0.1, -0.05) is 6.92 Å². The first-order chi connectivity index (χ1) is 6.99. The van der Waals surface area contributed by atoms with Crippen molar-refractivity contribution in [3.05, 3.63) is 0 Å².